The van der Waals surface area contributed by atoms with E-state index in [0.29, 0.717) is 12.5 Å². The Morgan fingerprint density at radius 1 is 1.35 bits per heavy atom. The van der Waals surface area contributed by atoms with E-state index in [0.717, 1.165) is 38.4 Å². The van der Waals surface area contributed by atoms with Crippen LogP contribution in [-0.2, 0) is 0 Å². The molecule has 1 aliphatic heterocycles. The van der Waals surface area contributed by atoms with Gasteiger partial charge in [-0.1, -0.05) is 20.3 Å². The molecule has 1 aromatic heterocycles. The maximum Gasteiger partial charge on any atom is 0.168 e. The van der Waals surface area contributed by atoms with Gasteiger partial charge in [0.25, 0.3) is 0 Å². The number of aromatic nitrogens is 1. The molecule has 0 amide bonds. The van der Waals surface area contributed by atoms with Gasteiger partial charge in [0.2, 0.25) is 0 Å². The van der Waals surface area contributed by atoms with E-state index in [-0.39, 0.29) is 11.6 Å². The van der Waals surface area contributed by atoms with Crippen molar-refractivity contribution in [2.75, 3.05) is 29.9 Å². The molecule has 1 unspecified atom stereocenters. The first-order valence-corrected chi connectivity index (χ1v) is 7.50. The molecular formula is C15H23F2N3. The van der Waals surface area contributed by atoms with Crippen molar-refractivity contribution in [3.05, 3.63) is 17.7 Å². The third kappa shape index (κ3) is 3.38. The third-order valence-corrected chi connectivity index (χ3v) is 3.85. The standard InChI is InChI=1S/C15H23F2N3/c1-3-7-18-14-12(16)9-13(17)15(19-14)20-8-5-6-11(4-2)10-20/h9,11H,3-8,10H2,1-2H3,(H,18,19). The Bertz CT molecular complexity index is 451. The first-order valence-electron chi connectivity index (χ1n) is 7.50. The topological polar surface area (TPSA) is 28.2 Å². The summed E-state index contributed by atoms with van der Waals surface area (Å²) in [6.45, 7) is 6.37. The summed E-state index contributed by atoms with van der Waals surface area (Å²) in [6.07, 6.45) is 4.17. The van der Waals surface area contributed by atoms with E-state index in [1.54, 1.807) is 0 Å². The molecule has 1 fully saturated rings. The predicted molar refractivity (Wildman–Crippen MR) is 78.2 cm³/mol. The quantitative estimate of drug-likeness (QED) is 0.890. The van der Waals surface area contributed by atoms with Gasteiger partial charge in [-0.05, 0) is 25.2 Å². The van der Waals surface area contributed by atoms with Gasteiger partial charge in [0, 0.05) is 25.7 Å². The van der Waals surface area contributed by atoms with Crippen LogP contribution in [0.25, 0.3) is 0 Å². The molecule has 0 aliphatic carbocycles. The zero-order valence-electron chi connectivity index (χ0n) is 12.3. The van der Waals surface area contributed by atoms with Gasteiger partial charge in [-0.3, -0.25) is 0 Å². The Morgan fingerprint density at radius 3 is 2.85 bits per heavy atom. The van der Waals surface area contributed by atoms with E-state index in [4.69, 9.17) is 0 Å². The van der Waals surface area contributed by atoms with Gasteiger partial charge in [0.1, 0.15) is 0 Å². The minimum absolute atomic E-state index is 0.155. The maximum atomic E-state index is 14.0. The van der Waals surface area contributed by atoms with Gasteiger partial charge >= 0.3 is 0 Å². The lowest BCUT2D eigenvalue weighted by molar-refractivity contribution is 0.399. The maximum absolute atomic E-state index is 14.0. The summed E-state index contributed by atoms with van der Waals surface area (Å²) >= 11 is 0. The van der Waals surface area contributed by atoms with E-state index in [9.17, 15) is 8.78 Å². The van der Waals surface area contributed by atoms with Crippen molar-refractivity contribution < 1.29 is 8.78 Å². The van der Waals surface area contributed by atoms with Crippen LogP contribution in [0.4, 0.5) is 20.4 Å². The Hall–Kier alpha value is -1.39. The number of pyridine rings is 1. The molecule has 112 valence electrons. The van der Waals surface area contributed by atoms with Crippen molar-refractivity contribution in [1.82, 2.24) is 4.98 Å². The van der Waals surface area contributed by atoms with Gasteiger partial charge < -0.3 is 10.2 Å². The highest BCUT2D eigenvalue weighted by Gasteiger charge is 2.23. The molecule has 2 rings (SSSR count). The van der Waals surface area contributed by atoms with Gasteiger partial charge in [0.05, 0.1) is 0 Å². The summed E-state index contributed by atoms with van der Waals surface area (Å²) in [5, 5.41) is 2.92. The number of halogens is 2. The van der Waals surface area contributed by atoms with Crippen LogP contribution in [0.2, 0.25) is 0 Å². The number of hydrogen-bond acceptors (Lipinski definition) is 3. The van der Waals surface area contributed by atoms with Crippen LogP contribution < -0.4 is 10.2 Å². The fourth-order valence-electron chi connectivity index (χ4n) is 2.64. The lowest BCUT2D eigenvalue weighted by Gasteiger charge is -2.33. The summed E-state index contributed by atoms with van der Waals surface area (Å²) in [7, 11) is 0. The number of rotatable bonds is 5. The van der Waals surface area contributed by atoms with Crippen molar-refractivity contribution in [1.29, 1.82) is 0 Å². The third-order valence-electron chi connectivity index (χ3n) is 3.85. The Kier molecular flexibility index (Phi) is 5.15. The van der Waals surface area contributed by atoms with Gasteiger partial charge in [0.15, 0.2) is 23.3 Å². The first kappa shape index (κ1) is 15.0. The number of hydrogen-bond donors (Lipinski definition) is 1. The highest BCUT2D eigenvalue weighted by Crippen LogP contribution is 2.27. The average molecular weight is 283 g/mol. The summed E-state index contributed by atoms with van der Waals surface area (Å²) in [6, 6.07) is 0.940. The number of anilines is 2. The highest BCUT2D eigenvalue weighted by molar-refractivity contribution is 5.49. The average Bonchev–Trinajstić information content (AvgIpc) is 2.46. The van der Waals surface area contributed by atoms with Crippen LogP contribution in [-0.4, -0.2) is 24.6 Å². The molecule has 1 atom stereocenters. The van der Waals surface area contributed by atoms with Crippen LogP contribution in [0.1, 0.15) is 39.5 Å². The Morgan fingerprint density at radius 2 is 2.15 bits per heavy atom. The molecule has 1 aromatic rings. The van der Waals surface area contributed by atoms with Crippen molar-refractivity contribution >= 4 is 11.6 Å². The molecular weight excluding hydrogens is 260 g/mol. The zero-order chi connectivity index (χ0) is 14.5. The molecule has 1 N–H and O–H groups in total. The molecule has 3 nitrogen and oxygen atoms in total. The minimum atomic E-state index is -0.622. The Labute approximate surface area is 119 Å². The minimum Gasteiger partial charge on any atom is -0.368 e. The number of nitrogens with zero attached hydrogens (tertiary/aromatic N) is 2. The van der Waals surface area contributed by atoms with Gasteiger partial charge in [-0.15, -0.1) is 0 Å². The molecule has 0 bridgehead atoms. The van der Waals surface area contributed by atoms with Crippen LogP contribution in [0, 0.1) is 17.6 Å². The second-order valence-corrected chi connectivity index (χ2v) is 5.41. The molecule has 1 aliphatic rings. The fraction of sp³-hybridized carbons (Fsp3) is 0.667. The predicted octanol–water partition coefficient (Wildman–Crippen LogP) is 3.81. The normalized spacial score (nSPS) is 19.2. The lowest BCUT2D eigenvalue weighted by Crippen LogP contribution is -2.36. The van der Waals surface area contributed by atoms with E-state index in [1.807, 2.05) is 11.8 Å². The molecule has 1 saturated heterocycles. The Balaban J connectivity index is 2.21. The second kappa shape index (κ2) is 6.86. The molecule has 5 heteroatoms. The van der Waals surface area contributed by atoms with Crippen molar-refractivity contribution in [3.8, 4) is 0 Å². The molecule has 2 heterocycles. The molecule has 20 heavy (non-hydrogen) atoms. The molecule has 0 spiro atoms. The van der Waals surface area contributed by atoms with E-state index < -0.39 is 11.6 Å². The molecule has 0 radical (unpaired) electrons. The second-order valence-electron chi connectivity index (χ2n) is 5.41. The van der Waals surface area contributed by atoms with E-state index >= 15 is 0 Å². The first-order chi connectivity index (χ1) is 9.65. The highest BCUT2D eigenvalue weighted by atomic mass is 19.1. The lowest BCUT2D eigenvalue weighted by atomic mass is 9.96. The van der Waals surface area contributed by atoms with E-state index in [1.165, 1.54) is 6.42 Å². The van der Waals surface area contributed by atoms with Crippen LogP contribution in [0.5, 0.6) is 0 Å². The molecule has 0 aromatic carbocycles. The smallest absolute Gasteiger partial charge is 0.168 e. The van der Waals surface area contributed by atoms with Crippen LogP contribution in [0.3, 0.4) is 0 Å². The van der Waals surface area contributed by atoms with Gasteiger partial charge in [-0.25, -0.2) is 13.8 Å². The van der Waals surface area contributed by atoms with Crippen molar-refractivity contribution in [3.63, 3.8) is 0 Å². The summed E-state index contributed by atoms with van der Waals surface area (Å²) in [5.74, 6) is -0.183. The number of nitrogens with one attached hydrogen (secondary N) is 1. The van der Waals surface area contributed by atoms with Crippen molar-refractivity contribution in [2.24, 2.45) is 5.92 Å². The van der Waals surface area contributed by atoms with E-state index in [2.05, 4.69) is 17.2 Å². The van der Waals surface area contributed by atoms with Crippen LogP contribution >= 0.6 is 0 Å². The van der Waals surface area contributed by atoms with Crippen LogP contribution in [0.15, 0.2) is 6.07 Å². The number of piperidine rings is 1. The fourth-order valence-corrected chi connectivity index (χ4v) is 2.64. The summed E-state index contributed by atoms with van der Waals surface area (Å²) in [4.78, 5) is 6.11. The summed E-state index contributed by atoms with van der Waals surface area (Å²) < 4.78 is 27.7. The molecule has 0 saturated carbocycles. The largest absolute Gasteiger partial charge is 0.368 e. The monoisotopic (exact) mass is 283 g/mol. The summed E-state index contributed by atoms with van der Waals surface area (Å²) in [5.41, 5.74) is 0. The zero-order valence-corrected chi connectivity index (χ0v) is 12.3. The van der Waals surface area contributed by atoms with Gasteiger partial charge in [-0.2, -0.15) is 0 Å². The van der Waals surface area contributed by atoms with Crippen molar-refractivity contribution in [2.45, 2.75) is 39.5 Å². The SMILES string of the molecule is CCCNc1nc(N2CCCC(CC)C2)c(F)cc1F.